The first-order valence-electron chi connectivity index (χ1n) is 8.51. The lowest BCUT2D eigenvalue weighted by atomic mass is 9.47. The van der Waals surface area contributed by atoms with E-state index in [1.165, 1.54) is 12.8 Å². The Morgan fingerprint density at radius 1 is 1.38 bits per heavy atom. The van der Waals surface area contributed by atoms with Gasteiger partial charge in [0.25, 0.3) is 0 Å². The zero-order valence-corrected chi connectivity index (χ0v) is 14.2. The maximum Gasteiger partial charge on any atom is 0.136 e. The second-order valence-electron chi connectivity index (χ2n) is 8.56. The summed E-state index contributed by atoms with van der Waals surface area (Å²) in [4.78, 5) is 12.6. The van der Waals surface area contributed by atoms with Crippen molar-refractivity contribution in [2.24, 2.45) is 22.7 Å². The van der Waals surface area contributed by atoms with Crippen LogP contribution in [0.4, 0.5) is 0 Å². The summed E-state index contributed by atoms with van der Waals surface area (Å²) in [5, 5.41) is 10.2. The van der Waals surface area contributed by atoms with Crippen LogP contribution >= 0.6 is 0 Å². The van der Waals surface area contributed by atoms with Crippen LogP contribution in [0.15, 0.2) is 12.7 Å². The SMILES string of the molecule is C=CC(C)(O)CCC1C(=O)CCC2C(C)(C)CCCC12C. The molecule has 2 aliphatic carbocycles. The molecule has 0 bridgehead atoms. The number of carbonyl (C=O) groups excluding carboxylic acids is 1. The maximum atomic E-state index is 12.6. The van der Waals surface area contributed by atoms with E-state index in [2.05, 4.69) is 27.4 Å². The fourth-order valence-corrected chi connectivity index (χ4v) is 5.16. The number of ketones is 1. The fourth-order valence-electron chi connectivity index (χ4n) is 5.16. The van der Waals surface area contributed by atoms with Crippen LogP contribution in [0.5, 0.6) is 0 Å². The van der Waals surface area contributed by atoms with Crippen molar-refractivity contribution in [1.82, 2.24) is 0 Å². The van der Waals surface area contributed by atoms with E-state index < -0.39 is 5.60 Å². The summed E-state index contributed by atoms with van der Waals surface area (Å²) in [6.07, 6.45) is 8.47. The number of fused-ring (bicyclic) bond motifs is 1. The van der Waals surface area contributed by atoms with Gasteiger partial charge in [-0.15, -0.1) is 6.58 Å². The van der Waals surface area contributed by atoms with Crippen LogP contribution in [-0.4, -0.2) is 16.5 Å². The highest BCUT2D eigenvalue weighted by molar-refractivity contribution is 5.82. The number of carbonyl (C=O) groups is 1. The van der Waals surface area contributed by atoms with Gasteiger partial charge in [-0.25, -0.2) is 0 Å². The van der Waals surface area contributed by atoms with E-state index in [0.29, 0.717) is 23.5 Å². The van der Waals surface area contributed by atoms with Gasteiger partial charge in [0.15, 0.2) is 0 Å². The lowest BCUT2D eigenvalue weighted by molar-refractivity contribution is -0.144. The summed E-state index contributed by atoms with van der Waals surface area (Å²) >= 11 is 0. The van der Waals surface area contributed by atoms with E-state index in [9.17, 15) is 9.90 Å². The highest BCUT2D eigenvalue weighted by atomic mass is 16.3. The standard InChI is InChI=1S/C19H32O2/c1-6-18(4,21)13-10-14-15(20)8-9-16-17(2,3)11-7-12-19(14,16)5/h6,14,16,21H,1,7-13H2,2-5H3. The Morgan fingerprint density at radius 3 is 2.67 bits per heavy atom. The van der Waals surface area contributed by atoms with Crippen LogP contribution in [0.2, 0.25) is 0 Å². The van der Waals surface area contributed by atoms with Crippen molar-refractivity contribution in [1.29, 1.82) is 0 Å². The molecule has 0 saturated heterocycles. The lowest BCUT2D eigenvalue weighted by Crippen LogP contribution is -2.52. The number of aliphatic hydroxyl groups is 1. The van der Waals surface area contributed by atoms with Gasteiger partial charge in [0, 0.05) is 12.3 Å². The van der Waals surface area contributed by atoms with Gasteiger partial charge in [-0.2, -0.15) is 0 Å². The average molecular weight is 292 g/mol. The van der Waals surface area contributed by atoms with Gasteiger partial charge in [-0.05, 0) is 55.8 Å². The molecule has 0 heterocycles. The van der Waals surface area contributed by atoms with Crippen molar-refractivity contribution >= 4 is 5.78 Å². The minimum absolute atomic E-state index is 0.113. The Kier molecular flexibility index (Phi) is 4.41. The Morgan fingerprint density at radius 2 is 2.05 bits per heavy atom. The van der Waals surface area contributed by atoms with Crippen molar-refractivity contribution in [3.05, 3.63) is 12.7 Å². The van der Waals surface area contributed by atoms with E-state index in [4.69, 9.17) is 0 Å². The molecule has 0 aromatic carbocycles. The molecule has 4 atom stereocenters. The fraction of sp³-hybridized carbons (Fsp3) is 0.842. The van der Waals surface area contributed by atoms with Gasteiger partial charge >= 0.3 is 0 Å². The zero-order valence-electron chi connectivity index (χ0n) is 14.2. The van der Waals surface area contributed by atoms with Crippen LogP contribution in [-0.2, 0) is 4.79 Å². The van der Waals surface area contributed by atoms with Crippen LogP contribution in [0.1, 0.15) is 72.6 Å². The molecule has 2 rings (SSSR count). The first-order chi connectivity index (χ1) is 9.62. The van der Waals surface area contributed by atoms with Gasteiger partial charge < -0.3 is 5.11 Å². The van der Waals surface area contributed by atoms with E-state index in [-0.39, 0.29) is 11.3 Å². The highest BCUT2D eigenvalue weighted by Gasteiger charge is 2.54. The number of rotatable bonds is 4. The van der Waals surface area contributed by atoms with Crippen LogP contribution in [0.3, 0.4) is 0 Å². The molecule has 1 N–H and O–H groups in total. The van der Waals surface area contributed by atoms with Gasteiger partial charge in [0.05, 0.1) is 5.60 Å². The Balaban J connectivity index is 2.21. The second-order valence-corrected chi connectivity index (χ2v) is 8.56. The van der Waals surface area contributed by atoms with E-state index in [0.717, 1.165) is 25.7 Å². The number of Topliss-reactive ketones (excluding diaryl/α,β-unsaturated/α-hetero) is 1. The zero-order chi connectivity index (χ0) is 15.9. The molecular formula is C19H32O2. The minimum Gasteiger partial charge on any atom is -0.386 e. The summed E-state index contributed by atoms with van der Waals surface area (Å²) in [6.45, 7) is 12.6. The molecule has 0 amide bonds. The molecule has 0 aromatic heterocycles. The van der Waals surface area contributed by atoms with Gasteiger partial charge in [0.2, 0.25) is 0 Å². The molecule has 2 heteroatoms. The lowest BCUT2D eigenvalue weighted by Gasteiger charge is -2.57. The monoisotopic (exact) mass is 292 g/mol. The topological polar surface area (TPSA) is 37.3 Å². The normalized spacial score (nSPS) is 38.4. The van der Waals surface area contributed by atoms with Crippen LogP contribution < -0.4 is 0 Å². The minimum atomic E-state index is -0.853. The first kappa shape index (κ1) is 16.7. The number of hydrogen-bond donors (Lipinski definition) is 1. The predicted octanol–water partition coefficient (Wildman–Crippen LogP) is 4.52. The Hall–Kier alpha value is -0.630. The predicted molar refractivity (Wildman–Crippen MR) is 87.0 cm³/mol. The molecule has 120 valence electrons. The smallest absolute Gasteiger partial charge is 0.136 e. The van der Waals surface area contributed by atoms with Crippen molar-refractivity contribution in [3.8, 4) is 0 Å². The molecule has 2 saturated carbocycles. The molecular weight excluding hydrogens is 260 g/mol. The first-order valence-corrected chi connectivity index (χ1v) is 8.51. The van der Waals surface area contributed by atoms with Crippen LogP contribution in [0, 0.1) is 22.7 Å². The van der Waals surface area contributed by atoms with Crippen LogP contribution in [0.25, 0.3) is 0 Å². The van der Waals surface area contributed by atoms with E-state index in [1.807, 2.05) is 0 Å². The molecule has 21 heavy (non-hydrogen) atoms. The third-order valence-corrected chi connectivity index (χ3v) is 6.52. The summed E-state index contributed by atoms with van der Waals surface area (Å²) in [7, 11) is 0. The maximum absolute atomic E-state index is 12.6. The summed E-state index contributed by atoms with van der Waals surface area (Å²) < 4.78 is 0. The summed E-state index contributed by atoms with van der Waals surface area (Å²) in [5.74, 6) is 1.17. The van der Waals surface area contributed by atoms with Crippen molar-refractivity contribution in [3.63, 3.8) is 0 Å². The van der Waals surface area contributed by atoms with Gasteiger partial charge in [0.1, 0.15) is 5.78 Å². The molecule has 4 unspecified atom stereocenters. The molecule has 0 radical (unpaired) electrons. The molecule has 2 nitrogen and oxygen atoms in total. The van der Waals surface area contributed by atoms with Gasteiger partial charge in [-0.3, -0.25) is 4.79 Å². The van der Waals surface area contributed by atoms with E-state index >= 15 is 0 Å². The Labute approximate surface area is 130 Å². The second kappa shape index (κ2) is 5.53. The van der Waals surface area contributed by atoms with E-state index in [1.54, 1.807) is 13.0 Å². The highest BCUT2D eigenvalue weighted by Crippen LogP contribution is 2.59. The number of hydrogen-bond acceptors (Lipinski definition) is 2. The quantitative estimate of drug-likeness (QED) is 0.774. The molecule has 0 spiro atoms. The van der Waals surface area contributed by atoms with Crippen molar-refractivity contribution < 1.29 is 9.90 Å². The molecule has 0 aliphatic heterocycles. The molecule has 0 aromatic rings. The summed E-state index contributed by atoms with van der Waals surface area (Å²) in [6, 6.07) is 0. The molecule has 2 aliphatic rings. The van der Waals surface area contributed by atoms with Crippen molar-refractivity contribution in [2.45, 2.75) is 78.2 Å². The summed E-state index contributed by atoms with van der Waals surface area (Å²) in [5.41, 5.74) is -0.394. The van der Waals surface area contributed by atoms with Crippen molar-refractivity contribution in [2.75, 3.05) is 0 Å². The van der Waals surface area contributed by atoms with Gasteiger partial charge in [-0.1, -0.05) is 33.3 Å². The third-order valence-electron chi connectivity index (χ3n) is 6.52. The average Bonchev–Trinajstić information content (AvgIpc) is 2.36. The third kappa shape index (κ3) is 3.11. The largest absolute Gasteiger partial charge is 0.386 e. The molecule has 2 fully saturated rings. The Bertz CT molecular complexity index is 421.